The van der Waals surface area contributed by atoms with Crippen LogP contribution < -0.4 is 0 Å². The molecule has 1 unspecified atom stereocenters. The van der Waals surface area contributed by atoms with Crippen LogP contribution in [-0.4, -0.2) is 66.0 Å². The van der Waals surface area contributed by atoms with E-state index in [2.05, 4.69) is 4.90 Å². The summed E-state index contributed by atoms with van der Waals surface area (Å²) < 4.78 is 5.38. The lowest BCUT2D eigenvalue weighted by atomic mass is 9.95. The van der Waals surface area contributed by atoms with Crippen molar-refractivity contribution in [2.75, 3.05) is 39.4 Å². The minimum absolute atomic E-state index is 0.0706. The molecule has 0 bridgehead atoms. The number of likely N-dealkylation sites (tertiary alicyclic amines) is 1. The smallest absolute Gasteiger partial charge is 0.295 e. The van der Waals surface area contributed by atoms with Crippen molar-refractivity contribution in [3.05, 3.63) is 76.3 Å². The molecule has 0 spiro atoms. The Hall–Kier alpha value is -2.67. The number of amides is 1. The summed E-state index contributed by atoms with van der Waals surface area (Å²) in [7, 11) is 0. The standard InChI is InChI=1S/C23H23ClN2O4/c24-18-9-5-4-8-17(18)20-19(21(27)16-6-2-1-3-7-16)22(28)23(29)26(20)11-10-25-12-14-30-15-13-25/h1-9,20,27H,10-15H2/b21-19+. The quantitative estimate of drug-likeness (QED) is 0.452. The second-order valence-corrected chi connectivity index (χ2v) is 7.74. The first-order valence-corrected chi connectivity index (χ1v) is 10.3. The first kappa shape index (κ1) is 20.6. The van der Waals surface area contributed by atoms with Gasteiger partial charge in [-0.25, -0.2) is 0 Å². The van der Waals surface area contributed by atoms with Crippen LogP contribution in [0.25, 0.3) is 5.76 Å². The molecule has 2 aromatic carbocycles. The topological polar surface area (TPSA) is 70.1 Å². The van der Waals surface area contributed by atoms with Crippen molar-refractivity contribution in [2.24, 2.45) is 0 Å². The molecule has 0 aromatic heterocycles. The molecule has 2 fully saturated rings. The fraction of sp³-hybridized carbons (Fsp3) is 0.304. The van der Waals surface area contributed by atoms with E-state index in [1.165, 1.54) is 4.90 Å². The van der Waals surface area contributed by atoms with Crippen molar-refractivity contribution >= 4 is 29.1 Å². The summed E-state index contributed by atoms with van der Waals surface area (Å²) in [5.41, 5.74) is 1.18. The van der Waals surface area contributed by atoms with Gasteiger partial charge in [0.1, 0.15) is 5.76 Å². The molecule has 2 saturated heterocycles. The number of ketones is 1. The number of rotatable bonds is 5. The van der Waals surface area contributed by atoms with E-state index < -0.39 is 17.7 Å². The van der Waals surface area contributed by atoms with Gasteiger partial charge in [-0.3, -0.25) is 14.5 Å². The van der Waals surface area contributed by atoms with Crippen LogP contribution >= 0.6 is 11.6 Å². The normalized spacial score (nSPS) is 21.9. The average molecular weight is 427 g/mol. The van der Waals surface area contributed by atoms with E-state index in [4.69, 9.17) is 16.3 Å². The summed E-state index contributed by atoms with van der Waals surface area (Å²) in [5.74, 6) is -1.50. The lowest BCUT2D eigenvalue weighted by Gasteiger charge is -2.31. The number of ether oxygens (including phenoxy) is 1. The van der Waals surface area contributed by atoms with Crippen LogP contribution in [0.2, 0.25) is 5.02 Å². The number of Topliss-reactive ketones (excluding diaryl/α,β-unsaturated/α-hetero) is 1. The number of carbonyl (C=O) groups excluding carboxylic acids is 2. The van der Waals surface area contributed by atoms with Crippen LogP contribution in [-0.2, 0) is 14.3 Å². The second kappa shape index (κ2) is 9.00. The maximum atomic E-state index is 13.0. The first-order valence-electron chi connectivity index (χ1n) is 9.96. The van der Waals surface area contributed by atoms with E-state index >= 15 is 0 Å². The number of benzene rings is 2. The lowest BCUT2D eigenvalue weighted by Crippen LogP contribution is -2.42. The van der Waals surface area contributed by atoms with Gasteiger partial charge in [-0.1, -0.05) is 60.1 Å². The third kappa shape index (κ3) is 3.99. The van der Waals surface area contributed by atoms with Crippen molar-refractivity contribution in [3.8, 4) is 0 Å². The third-order valence-corrected chi connectivity index (χ3v) is 5.89. The number of hydrogen-bond donors (Lipinski definition) is 1. The number of morpholine rings is 1. The Balaban J connectivity index is 1.74. The van der Waals surface area contributed by atoms with Gasteiger partial charge in [-0.05, 0) is 11.6 Å². The van der Waals surface area contributed by atoms with Gasteiger partial charge in [0.05, 0.1) is 24.8 Å². The highest BCUT2D eigenvalue weighted by Gasteiger charge is 2.46. The van der Waals surface area contributed by atoms with Gasteiger partial charge in [0, 0.05) is 36.8 Å². The molecule has 0 radical (unpaired) electrons. The van der Waals surface area contributed by atoms with Crippen molar-refractivity contribution in [3.63, 3.8) is 0 Å². The van der Waals surface area contributed by atoms with Gasteiger partial charge < -0.3 is 14.7 Å². The molecule has 0 saturated carbocycles. The molecule has 156 valence electrons. The number of hydrogen-bond acceptors (Lipinski definition) is 5. The highest BCUT2D eigenvalue weighted by molar-refractivity contribution is 6.47. The fourth-order valence-corrected chi connectivity index (χ4v) is 4.20. The van der Waals surface area contributed by atoms with Crippen molar-refractivity contribution in [1.82, 2.24) is 9.80 Å². The summed E-state index contributed by atoms with van der Waals surface area (Å²) in [5, 5.41) is 11.4. The summed E-state index contributed by atoms with van der Waals surface area (Å²) in [6.45, 7) is 3.84. The molecule has 1 amide bonds. The highest BCUT2D eigenvalue weighted by Crippen LogP contribution is 2.41. The predicted octanol–water partition coefficient (Wildman–Crippen LogP) is 3.09. The molecular formula is C23H23ClN2O4. The van der Waals surface area contributed by atoms with Gasteiger partial charge in [0.2, 0.25) is 0 Å². The zero-order valence-corrected chi connectivity index (χ0v) is 17.2. The van der Waals surface area contributed by atoms with Crippen LogP contribution in [0.4, 0.5) is 0 Å². The number of halogens is 1. The van der Waals surface area contributed by atoms with E-state index in [1.54, 1.807) is 42.5 Å². The van der Waals surface area contributed by atoms with Gasteiger partial charge in [-0.2, -0.15) is 0 Å². The second-order valence-electron chi connectivity index (χ2n) is 7.33. The van der Waals surface area contributed by atoms with Gasteiger partial charge in [-0.15, -0.1) is 0 Å². The molecule has 4 rings (SSSR count). The number of carbonyl (C=O) groups is 2. The van der Waals surface area contributed by atoms with Crippen LogP contribution in [0.3, 0.4) is 0 Å². The van der Waals surface area contributed by atoms with Crippen LogP contribution in [0.15, 0.2) is 60.2 Å². The highest BCUT2D eigenvalue weighted by atomic mass is 35.5. The van der Waals surface area contributed by atoms with Crippen molar-refractivity contribution in [2.45, 2.75) is 6.04 Å². The molecular weight excluding hydrogens is 404 g/mol. The van der Waals surface area contributed by atoms with Gasteiger partial charge in [0.25, 0.3) is 11.7 Å². The van der Waals surface area contributed by atoms with Crippen LogP contribution in [0.5, 0.6) is 0 Å². The average Bonchev–Trinajstić information content (AvgIpc) is 3.03. The maximum Gasteiger partial charge on any atom is 0.295 e. The molecule has 2 aromatic rings. The molecule has 6 nitrogen and oxygen atoms in total. The zero-order chi connectivity index (χ0) is 21.1. The van der Waals surface area contributed by atoms with E-state index in [1.807, 2.05) is 12.1 Å². The minimum atomic E-state index is -0.736. The summed E-state index contributed by atoms with van der Waals surface area (Å²) in [6.07, 6.45) is 0. The molecule has 1 N–H and O–H groups in total. The van der Waals surface area contributed by atoms with E-state index in [0.717, 1.165) is 13.1 Å². The summed E-state index contributed by atoms with van der Waals surface area (Å²) in [6, 6.07) is 15.2. The Morgan fingerprint density at radius 2 is 1.67 bits per heavy atom. The predicted molar refractivity (Wildman–Crippen MR) is 114 cm³/mol. The summed E-state index contributed by atoms with van der Waals surface area (Å²) >= 11 is 6.45. The van der Waals surface area contributed by atoms with Crippen molar-refractivity contribution in [1.29, 1.82) is 0 Å². The van der Waals surface area contributed by atoms with E-state index in [-0.39, 0.29) is 11.3 Å². The lowest BCUT2D eigenvalue weighted by molar-refractivity contribution is -0.140. The van der Waals surface area contributed by atoms with E-state index in [0.29, 0.717) is 42.5 Å². The number of nitrogens with zero attached hydrogens (tertiary/aromatic N) is 2. The maximum absolute atomic E-state index is 13.0. The SMILES string of the molecule is O=C1C(=O)N(CCN2CCOCC2)C(c2ccccc2Cl)/C1=C(\O)c1ccccc1. The largest absolute Gasteiger partial charge is 0.507 e. The number of aliphatic hydroxyl groups excluding tert-OH is 1. The fourth-order valence-electron chi connectivity index (χ4n) is 3.96. The van der Waals surface area contributed by atoms with Crippen molar-refractivity contribution < 1.29 is 19.4 Å². The molecule has 0 aliphatic carbocycles. The Bertz CT molecular complexity index is 970. The Labute approximate surface area is 180 Å². The Kier molecular flexibility index (Phi) is 6.18. The monoisotopic (exact) mass is 426 g/mol. The molecule has 2 aliphatic rings. The number of aliphatic hydroxyl groups is 1. The van der Waals surface area contributed by atoms with Crippen LogP contribution in [0, 0.1) is 0 Å². The molecule has 2 aliphatic heterocycles. The summed E-state index contributed by atoms with van der Waals surface area (Å²) in [4.78, 5) is 29.7. The minimum Gasteiger partial charge on any atom is -0.507 e. The third-order valence-electron chi connectivity index (χ3n) is 5.55. The Morgan fingerprint density at radius 1 is 1.00 bits per heavy atom. The van der Waals surface area contributed by atoms with Crippen LogP contribution in [0.1, 0.15) is 17.2 Å². The van der Waals surface area contributed by atoms with Gasteiger partial charge in [0.15, 0.2) is 0 Å². The van der Waals surface area contributed by atoms with Gasteiger partial charge >= 0.3 is 0 Å². The molecule has 1 atom stereocenters. The molecule has 7 heteroatoms. The molecule has 2 heterocycles. The zero-order valence-electron chi connectivity index (χ0n) is 16.5. The first-order chi connectivity index (χ1) is 14.6. The molecule has 30 heavy (non-hydrogen) atoms. The van der Waals surface area contributed by atoms with E-state index in [9.17, 15) is 14.7 Å². The Morgan fingerprint density at radius 3 is 2.37 bits per heavy atom.